The van der Waals surface area contributed by atoms with E-state index >= 15 is 0 Å². The van der Waals surface area contributed by atoms with E-state index in [1.54, 1.807) is 0 Å². The van der Waals surface area contributed by atoms with Crippen LogP contribution in [0.5, 0.6) is 0 Å². The van der Waals surface area contributed by atoms with Crippen molar-refractivity contribution >= 4 is 5.97 Å². The van der Waals surface area contributed by atoms with Gasteiger partial charge in [-0.05, 0) is 12.8 Å². The molecule has 0 aromatic rings. The molecule has 6 heteroatoms. The predicted octanol–water partition coefficient (Wildman–Crippen LogP) is 4.52. The average molecular weight is 405 g/mol. The minimum absolute atomic E-state index is 0.0856. The molecule has 0 aromatic carbocycles. The highest BCUT2D eigenvalue weighted by Crippen LogP contribution is 2.26. The number of unbranched alkanes of at least 4 members (excludes halogenated alkanes) is 13. The molecule has 1 atom stereocenters. The van der Waals surface area contributed by atoms with E-state index in [2.05, 4.69) is 6.92 Å². The van der Waals surface area contributed by atoms with Crippen LogP contribution in [-0.2, 0) is 9.53 Å². The van der Waals surface area contributed by atoms with Crippen LogP contribution in [0.2, 0.25) is 0 Å². The average Bonchev–Trinajstić information content (AvgIpc) is 2.63. The van der Waals surface area contributed by atoms with Gasteiger partial charge in [0, 0.05) is 12.8 Å². The molecule has 168 valence electrons. The van der Waals surface area contributed by atoms with E-state index in [0.717, 1.165) is 19.3 Å². The van der Waals surface area contributed by atoms with Crippen LogP contribution in [0, 0.1) is 0 Å². The molecule has 0 bridgehead atoms. The highest BCUT2D eigenvalue weighted by molar-refractivity contribution is 5.69. The van der Waals surface area contributed by atoms with Gasteiger partial charge >= 0.3 is 11.9 Å². The molecule has 0 heterocycles. The molecule has 0 aromatic heterocycles. The summed E-state index contributed by atoms with van der Waals surface area (Å²) in [6, 6.07) is 0. The van der Waals surface area contributed by atoms with Gasteiger partial charge in [0.2, 0.25) is 0 Å². The zero-order valence-corrected chi connectivity index (χ0v) is 18.1. The zero-order valence-electron chi connectivity index (χ0n) is 18.1. The first kappa shape index (κ1) is 27.3. The number of hydrogen-bond donors (Lipinski definition) is 4. The Balaban J connectivity index is 3.70. The fourth-order valence-corrected chi connectivity index (χ4v) is 3.23. The van der Waals surface area contributed by atoms with Gasteiger partial charge in [-0.1, -0.05) is 97.3 Å². The van der Waals surface area contributed by atoms with Crippen LogP contribution in [0.1, 0.15) is 123 Å². The Morgan fingerprint density at radius 2 is 1.04 bits per heavy atom. The van der Waals surface area contributed by atoms with Crippen molar-refractivity contribution < 1.29 is 30.0 Å². The first-order valence-electron chi connectivity index (χ1n) is 11.4. The van der Waals surface area contributed by atoms with Crippen molar-refractivity contribution in [3.63, 3.8) is 0 Å². The standard InChI is InChI=1S/C22H44O6/c1-3-5-7-8-9-10-11-12-13-14-15-16-17-18-20(23)28-21(24,19-6-4-2)22(25,26)27/h24-27H,3-19H2,1-2H3. The van der Waals surface area contributed by atoms with Crippen molar-refractivity contribution in [1.29, 1.82) is 0 Å². The molecule has 0 fully saturated rings. The van der Waals surface area contributed by atoms with Crippen LogP contribution in [0.25, 0.3) is 0 Å². The van der Waals surface area contributed by atoms with E-state index in [1.165, 1.54) is 57.8 Å². The van der Waals surface area contributed by atoms with Crippen molar-refractivity contribution in [2.24, 2.45) is 0 Å². The topological polar surface area (TPSA) is 107 Å². The van der Waals surface area contributed by atoms with E-state index in [9.17, 15) is 25.2 Å². The minimum Gasteiger partial charge on any atom is -0.424 e. The summed E-state index contributed by atoms with van der Waals surface area (Å²) in [4.78, 5) is 11.9. The summed E-state index contributed by atoms with van der Waals surface area (Å²) < 4.78 is 4.78. The number of rotatable bonds is 19. The normalized spacial score (nSPS) is 14.1. The van der Waals surface area contributed by atoms with Gasteiger partial charge in [0.15, 0.2) is 0 Å². The molecule has 28 heavy (non-hydrogen) atoms. The molecule has 0 amide bonds. The first-order valence-corrected chi connectivity index (χ1v) is 11.4. The van der Waals surface area contributed by atoms with Crippen LogP contribution in [-0.4, -0.2) is 38.2 Å². The molecule has 0 saturated carbocycles. The summed E-state index contributed by atoms with van der Waals surface area (Å²) in [5.41, 5.74) is 0. The summed E-state index contributed by atoms with van der Waals surface area (Å²) in [6.07, 6.45) is 16.4. The van der Waals surface area contributed by atoms with Gasteiger partial charge in [-0.25, -0.2) is 0 Å². The third-order valence-corrected chi connectivity index (χ3v) is 5.16. The molecular formula is C22H44O6. The third-order valence-electron chi connectivity index (χ3n) is 5.16. The van der Waals surface area contributed by atoms with Gasteiger partial charge in [0.25, 0.3) is 5.79 Å². The maximum atomic E-state index is 11.9. The van der Waals surface area contributed by atoms with Crippen molar-refractivity contribution in [2.75, 3.05) is 0 Å². The van der Waals surface area contributed by atoms with E-state index in [-0.39, 0.29) is 12.8 Å². The molecule has 0 rings (SSSR count). The van der Waals surface area contributed by atoms with Crippen molar-refractivity contribution in [3.8, 4) is 0 Å². The number of carbonyl (C=O) groups excluding carboxylic acids is 1. The molecule has 0 aliphatic rings. The Labute approximate surface area is 171 Å². The van der Waals surface area contributed by atoms with Crippen LogP contribution < -0.4 is 0 Å². The number of esters is 1. The van der Waals surface area contributed by atoms with Gasteiger partial charge in [-0.2, -0.15) is 0 Å². The Morgan fingerprint density at radius 3 is 1.43 bits per heavy atom. The van der Waals surface area contributed by atoms with E-state index < -0.39 is 17.7 Å². The predicted molar refractivity (Wildman–Crippen MR) is 110 cm³/mol. The van der Waals surface area contributed by atoms with Crippen molar-refractivity contribution in [1.82, 2.24) is 0 Å². The highest BCUT2D eigenvalue weighted by Gasteiger charge is 2.51. The van der Waals surface area contributed by atoms with Gasteiger partial charge in [0.05, 0.1) is 0 Å². The Morgan fingerprint density at radius 1 is 0.643 bits per heavy atom. The lowest BCUT2D eigenvalue weighted by Crippen LogP contribution is -2.57. The van der Waals surface area contributed by atoms with E-state index in [0.29, 0.717) is 19.3 Å². The number of aliphatic hydroxyl groups is 4. The van der Waals surface area contributed by atoms with E-state index in [1.807, 2.05) is 6.92 Å². The van der Waals surface area contributed by atoms with Gasteiger partial charge in [-0.15, -0.1) is 0 Å². The molecule has 0 spiro atoms. The number of carbonyl (C=O) groups is 1. The third kappa shape index (κ3) is 13.5. The van der Waals surface area contributed by atoms with Gasteiger partial charge < -0.3 is 25.2 Å². The lowest BCUT2D eigenvalue weighted by atomic mass is 10.0. The lowest BCUT2D eigenvalue weighted by molar-refractivity contribution is -0.447. The molecule has 1 unspecified atom stereocenters. The minimum atomic E-state index is -3.46. The SMILES string of the molecule is CCCCCCCCCCCCCCCC(=O)OC(O)(CCCC)C(O)(O)O. The summed E-state index contributed by atoms with van der Waals surface area (Å²) in [5, 5.41) is 37.9. The molecule has 0 aliphatic heterocycles. The molecule has 0 aliphatic carbocycles. The summed E-state index contributed by atoms with van der Waals surface area (Å²) in [6.45, 7) is 4.07. The summed E-state index contributed by atoms with van der Waals surface area (Å²) in [5.74, 6) is -6.88. The first-order chi connectivity index (χ1) is 13.3. The molecule has 6 nitrogen and oxygen atoms in total. The smallest absolute Gasteiger partial charge is 0.345 e. The zero-order chi connectivity index (χ0) is 21.3. The Kier molecular flexibility index (Phi) is 15.7. The maximum Gasteiger partial charge on any atom is 0.345 e. The lowest BCUT2D eigenvalue weighted by Gasteiger charge is -2.34. The quantitative estimate of drug-likeness (QED) is 0.143. The number of hydrogen-bond acceptors (Lipinski definition) is 6. The molecule has 4 N–H and O–H groups in total. The summed E-state index contributed by atoms with van der Waals surface area (Å²) in [7, 11) is 0. The Bertz CT molecular complexity index is 380. The second kappa shape index (κ2) is 16.1. The fraction of sp³-hybridized carbons (Fsp3) is 0.955. The van der Waals surface area contributed by atoms with Crippen molar-refractivity contribution in [3.05, 3.63) is 0 Å². The van der Waals surface area contributed by atoms with Crippen LogP contribution in [0.4, 0.5) is 0 Å². The molecule has 0 saturated heterocycles. The second-order valence-corrected chi connectivity index (χ2v) is 7.99. The summed E-state index contributed by atoms with van der Waals surface area (Å²) >= 11 is 0. The highest BCUT2D eigenvalue weighted by atomic mass is 16.8. The molecular weight excluding hydrogens is 360 g/mol. The van der Waals surface area contributed by atoms with Gasteiger partial charge in [0.1, 0.15) is 0 Å². The van der Waals surface area contributed by atoms with Crippen LogP contribution in [0.3, 0.4) is 0 Å². The largest absolute Gasteiger partial charge is 0.424 e. The van der Waals surface area contributed by atoms with Gasteiger partial charge in [-0.3, -0.25) is 4.79 Å². The number of ether oxygens (including phenoxy) is 1. The van der Waals surface area contributed by atoms with Crippen molar-refractivity contribution in [2.45, 2.75) is 135 Å². The van der Waals surface area contributed by atoms with Crippen LogP contribution in [0.15, 0.2) is 0 Å². The van der Waals surface area contributed by atoms with E-state index in [4.69, 9.17) is 4.74 Å². The molecule has 0 radical (unpaired) electrons. The second-order valence-electron chi connectivity index (χ2n) is 7.99. The van der Waals surface area contributed by atoms with Crippen LogP contribution >= 0.6 is 0 Å². The Hall–Kier alpha value is -0.690. The maximum absolute atomic E-state index is 11.9. The monoisotopic (exact) mass is 404 g/mol. The fourth-order valence-electron chi connectivity index (χ4n) is 3.23.